The van der Waals surface area contributed by atoms with E-state index in [0.29, 0.717) is 35.5 Å². The summed E-state index contributed by atoms with van der Waals surface area (Å²) in [4.78, 5) is 11.1. The predicted molar refractivity (Wildman–Crippen MR) is 137 cm³/mol. The Morgan fingerprint density at radius 1 is 0.974 bits per heavy atom. The molecule has 0 radical (unpaired) electrons. The molecule has 2 heterocycles. The van der Waals surface area contributed by atoms with E-state index in [1.165, 1.54) is 6.07 Å². The number of hydrogen-bond acceptors (Lipinski definition) is 5. The summed E-state index contributed by atoms with van der Waals surface area (Å²) >= 11 is 0. The largest absolute Gasteiger partial charge is 0.492 e. The maximum atomic E-state index is 14.1. The van der Waals surface area contributed by atoms with Crippen molar-refractivity contribution in [2.75, 3.05) is 6.61 Å². The maximum absolute atomic E-state index is 14.1. The highest BCUT2D eigenvalue weighted by Crippen LogP contribution is 2.47. The lowest BCUT2D eigenvalue weighted by molar-refractivity contribution is -0.138. The fourth-order valence-corrected chi connectivity index (χ4v) is 5.52. The van der Waals surface area contributed by atoms with Gasteiger partial charge in [0.25, 0.3) is 0 Å². The number of alkyl halides is 3. The van der Waals surface area contributed by atoms with Gasteiger partial charge in [0.05, 0.1) is 31.0 Å². The van der Waals surface area contributed by atoms with Crippen LogP contribution in [-0.4, -0.2) is 27.9 Å². The highest BCUT2D eigenvalue weighted by molar-refractivity contribution is 5.77. The molecule has 3 aromatic carbocycles. The zero-order chi connectivity index (χ0) is 27.1. The van der Waals surface area contributed by atoms with Gasteiger partial charge >= 0.3 is 12.1 Å². The van der Waals surface area contributed by atoms with Crippen LogP contribution >= 0.6 is 0 Å². The van der Waals surface area contributed by atoms with Crippen LogP contribution in [0.5, 0.6) is 11.5 Å². The van der Waals surface area contributed by atoms with Crippen LogP contribution in [0.1, 0.15) is 47.1 Å². The number of halogens is 3. The van der Waals surface area contributed by atoms with Crippen LogP contribution in [0.25, 0.3) is 22.3 Å². The third-order valence-electron chi connectivity index (χ3n) is 7.31. The Morgan fingerprint density at radius 3 is 2.46 bits per heavy atom. The van der Waals surface area contributed by atoms with Gasteiger partial charge in [-0.2, -0.15) is 23.4 Å². The van der Waals surface area contributed by atoms with Crippen molar-refractivity contribution >= 4 is 5.97 Å². The van der Waals surface area contributed by atoms with E-state index >= 15 is 0 Å². The summed E-state index contributed by atoms with van der Waals surface area (Å²) in [5.41, 5.74) is 3.83. The van der Waals surface area contributed by atoms with Crippen LogP contribution in [-0.2, 0) is 17.4 Å². The van der Waals surface area contributed by atoms with E-state index < -0.39 is 23.8 Å². The average molecular weight is 533 g/mol. The standard InChI is InChI=1S/C30H23F3N2O4/c31-30(32,33)25-9-7-23-24(29(25)18-3-1-17(2-4-18)19-11-12-34-35-15-19)8-10-26(23)39-21-5-6-22-20(13-28(36)37)16-38-27(22)14-21/h1-7,9,11-12,14-15,20,26H,8,10,13,16H2,(H,36,37)/t20-,26-/m1/s1. The van der Waals surface area contributed by atoms with Crippen molar-refractivity contribution in [2.24, 2.45) is 0 Å². The lowest BCUT2D eigenvalue weighted by Crippen LogP contribution is -2.10. The molecule has 39 heavy (non-hydrogen) atoms. The molecule has 0 saturated heterocycles. The number of carboxylic acid groups (broad SMARTS) is 1. The number of rotatable bonds is 6. The normalized spacial score (nSPS) is 17.8. The number of benzene rings is 3. The molecular weight excluding hydrogens is 509 g/mol. The van der Waals surface area contributed by atoms with Crippen molar-refractivity contribution in [1.29, 1.82) is 0 Å². The zero-order valence-electron chi connectivity index (χ0n) is 20.6. The molecule has 9 heteroatoms. The van der Waals surface area contributed by atoms with E-state index in [2.05, 4.69) is 10.2 Å². The van der Waals surface area contributed by atoms with E-state index in [1.54, 1.807) is 60.9 Å². The van der Waals surface area contributed by atoms with Gasteiger partial charge in [0.15, 0.2) is 0 Å². The predicted octanol–water partition coefficient (Wildman–Crippen LogP) is 6.85. The summed E-state index contributed by atoms with van der Waals surface area (Å²) in [6.07, 6.45) is -0.806. The van der Waals surface area contributed by atoms with Crippen molar-refractivity contribution in [3.05, 3.63) is 95.3 Å². The lowest BCUT2D eigenvalue weighted by atomic mass is 9.90. The molecule has 0 saturated carbocycles. The molecular formula is C30H23F3N2O4. The van der Waals surface area contributed by atoms with Crippen LogP contribution < -0.4 is 9.47 Å². The van der Waals surface area contributed by atoms with E-state index in [9.17, 15) is 18.0 Å². The van der Waals surface area contributed by atoms with Crippen LogP contribution in [0.3, 0.4) is 0 Å². The van der Waals surface area contributed by atoms with Crippen LogP contribution in [0.2, 0.25) is 0 Å². The summed E-state index contributed by atoms with van der Waals surface area (Å²) in [5.74, 6) is -0.00500. The molecule has 0 unspecified atom stereocenters. The minimum Gasteiger partial charge on any atom is -0.492 e. The highest BCUT2D eigenvalue weighted by Gasteiger charge is 2.38. The summed E-state index contributed by atoms with van der Waals surface area (Å²) < 4.78 is 54.3. The Labute approximate surface area is 222 Å². The van der Waals surface area contributed by atoms with Gasteiger partial charge in [0.2, 0.25) is 0 Å². The molecule has 0 bridgehead atoms. The van der Waals surface area contributed by atoms with Crippen LogP contribution in [0, 0.1) is 0 Å². The number of aromatic nitrogens is 2. The van der Waals surface area contributed by atoms with E-state index in [4.69, 9.17) is 14.6 Å². The molecule has 1 aliphatic carbocycles. The van der Waals surface area contributed by atoms with Crippen molar-refractivity contribution in [3.63, 3.8) is 0 Å². The number of ether oxygens (including phenoxy) is 2. The second kappa shape index (κ2) is 9.72. The van der Waals surface area contributed by atoms with Gasteiger partial charge in [0, 0.05) is 23.1 Å². The number of nitrogens with zero attached hydrogens (tertiary/aromatic N) is 2. The lowest BCUT2D eigenvalue weighted by Gasteiger charge is -2.20. The Bertz CT molecular complexity index is 1540. The third kappa shape index (κ3) is 4.80. The van der Waals surface area contributed by atoms with Gasteiger partial charge < -0.3 is 14.6 Å². The molecule has 6 rings (SSSR count). The van der Waals surface area contributed by atoms with Crippen molar-refractivity contribution in [1.82, 2.24) is 10.2 Å². The second-order valence-corrected chi connectivity index (χ2v) is 9.71. The molecule has 4 aromatic rings. The summed E-state index contributed by atoms with van der Waals surface area (Å²) in [6, 6.07) is 16.7. The Kier molecular flexibility index (Phi) is 6.21. The molecule has 1 aliphatic heterocycles. The molecule has 2 aliphatic rings. The van der Waals surface area contributed by atoms with Crippen molar-refractivity contribution < 1.29 is 32.5 Å². The first-order chi connectivity index (χ1) is 18.8. The number of hydrogen-bond donors (Lipinski definition) is 1. The van der Waals surface area contributed by atoms with Gasteiger partial charge in [-0.15, -0.1) is 0 Å². The molecule has 198 valence electrons. The third-order valence-corrected chi connectivity index (χ3v) is 7.31. The highest BCUT2D eigenvalue weighted by atomic mass is 19.4. The first-order valence-electron chi connectivity index (χ1n) is 12.5. The number of fused-ring (bicyclic) bond motifs is 2. The topological polar surface area (TPSA) is 81.5 Å². The van der Waals surface area contributed by atoms with Crippen molar-refractivity contribution in [3.8, 4) is 33.8 Å². The summed E-state index contributed by atoms with van der Waals surface area (Å²) in [6.45, 7) is 0.289. The fraction of sp³-hybridized carbons (Fsp3) is 0.233. The molecule has 6 nitrogen and oxygen atoms in total. The average Bonchev–Trinajstić information content (AvgIpc) is 3.51. The van der Waals surface area contributed by atoms with Gasteiger partial charge in [-0.1, -0.05) is 36.4 Å². The van der Waals surface area contributed by atoms with E-state index in [1.807, 2.05) is 0 Å². The first-order valence-corrected chi connectivity index (χ1v) is 12.5. The zero-order valence-corrected chi connectivity index (χ0v) is 20.6. The first kappa shape index (κ1) is 24.9. The number of aliphatic carboxylic acids is 1. The fourth-order valence-electron chi connectivity index (χ4n) is 5.52. The number of carbonyl (C=O) groups is 1. The minimum absolute atomic E-state index is 0.0199. The smallest absolute Gasteiger partial charge is 0.417 e. The Hall–Kier alpha value is -4.40. The molecule has 0 amide bonds. The quantitative estimate of drug-likeness (QED) is 0.293. The van der Waals surface area contributed by atoms with Gasteiger partial charge in [-0.05, 0) is 58.9 Å². The Morgan fingerprint density at radius 2 is 1.74 bits per heavy atom. The summed E-state index contributed by atoms with van der Waals surface area (Å²) in [5, 5.41) is 16.8. The van der Waals surface area contributed by atoms with Gasteiger partial charge in [-0.3, -0.25) is 4.79 Å². The number of carboxylic acids is 1. The molecule has 1 aromatic heterocycles. The van der Waals surface area contributed by atoms with Crippen LogP contribution in [0.4, 0.5) is 13.2 Å². The van der Waals surface area contributed by atoms with Gasteiger partial charge in [-0.25, -0.2) is 0 Å². The van der Waals surface area contributed by atoms with E-state index in [0.717, 1.165) is 28.3 Å². The van der Waals surface area contributed by atoms with Gasteiger partial charge in [0.1, 0.15) is 17.6 Å². The van der Waals surface area contributed by atoms with E-state index in [-0.39, 0.29) is 24.5 Å². The SMILES string of the molecule is O=C(O)C[C@@H]1COc2cc(O[C@@H]3CCc4c3ccc(C(F)(F)F)c4-c3ccc(-c4ccnnc4)cc3)ccc21. The van der Waals surface area contributed by atoms with Crippen molar-refractivity contribution in [2.45, 2.75) is 37.5 Å². The maximum Gasteiger partial charge on any atom is 0.417 e. The molecule has 0 spiro atoms. The van der Waals surface area contributed by atoms with Crippen LogP contribution in [0.15, 0.2) is 73.1 Å². The monoisotopic (exact) mass is 532 g/mol. The second-order valence-electron chi connectivity index (χ2n) is 9.71. The minimum atomic E-state index is -4.51. The summed E-state index contributed by atoms with van der Waals surface area (Å²) in [7, 11) is 0. The molecule has 2 atom stereocenters. The molecule has 1 N–H and O–H groups in total. The molecule has 0 fully saturated rings. The Balaban J connectivity index is 1.32.